The van der Waals surface area contributed by atoms with Crippen molar-refractivity contribution in [1.82, 2.24) is 19.7 Å². The fourth-order valence-electron chi connectivity index (χ4n) is 3.43. The maximum absolute atomic E-state index is 13.3. The summed E-state index contributed by atoms with van der Waals surface area (Å²) in [4.78, 5) is 19.1. The number of ether oxygens (including phenoxy) is 1. The molecule has 0 saturated carbocycles. The van der Waals surface area contributed by atoms with Crippen molar-refractivity contribution in [2.24, 2.45) is 0 Å². The number of hydrogen-bond donors (Lipinski definition) is 0. The van der Waals surface area contributed by atoms with Crippen LogP contribution in [0.3, 0.4) is 0 Å². The van der Waals surface area contributed by atoms with E-state index in [-0.39, 0.29) is 24.4 Å². The lowest BCUT2D eigenvalue weighted by atomic mass is 10.1. The second-order valence-corrected chi connectivity index (χ2v) is 6.87. The lowest BCUT2D eigenvalue weighted by Gasteiger charge is -2.33. The number of hydrogen-bond acceptors (Lipinski definition) is 4. The zero-order valence-electron chi connectivity index (χ0n) is 15.8. The highest BCUT2D eigenvalue weighted by Gasteiger charge is 2.30. The highest BCUT2D eigenvalue weighted by molar-refractivity contribution is 5.92. The molecule has 4 rings (SSSR count). The predicted octanol–water partition coefficient (Wildman–Crippen LogP) is 3.52. The monoisotopic (exact) mass is 380 g/mol. The quantitative estimate of drug-likeness (QED) is 0.695. The molecule has 0 spiro atoms. The molecular weight excluding hydrogens is 359 g/mol. The van der Waals surface area contributed by atoms with Gasteiger partial charge in [0.05, 0.1) is 18.3 Å². The second kappa shape index (κ2) is 7.42. The molecule has 0 saturated heterocycles. The summed E-state index contributed by atoms with van der Waals surface area (Å²) < 4.78 is 20.8. The molecule has 1 aliphatic rings. The normalized spacial score (nSPS) is 16.0. The summed E-state index contributed by atoms with van der Waals surface area (Å²) in [5.74, 6) is 0.0386. The van der Waals surface area contributed by atoms with E-state index in [1.807, 2.05) is 41.6 Å². The Morgan fingerprint density at radius 2 is 2.04 bits per heavy atom. The fourth-order valence-corrected chi connectivity index (χ4v) is 3.43. The Kier molecular flexibility index (Phi) is 4.81. The summed E-state index contributed by atoms with van der Waals surface area (Å²) >= 11 is 0. The van der Waals surface area contributed by atoms with E-state index in [9.17, 15) is 9.18 Å². The Hall–Kier alpha value is -3.22. The van der Waals surface area contributed by atoms with Crippen LogP contribution in [0, 0.1) is 12.7 Å². The van der Waals surface area contributed by atoms with Gasteiger partial charge in [-0.1, -0.05) is 12.1 Å². The van der Waals surface area contributed by atoms with Gasteiger partial charge in [0.2, 0.25) is 0 Å². The van der Waals surface area contributed by atoms with E-state index in [2.05, 4.69) is 10.1 Å². The van der Waals surface area contributed by atoms with Crippen LogP contribution >= 0.6 is 0 Å². The first-order valence-electron chi connectivity index (χ1n) is 9.21. The number of fused-ring (bicyclic) bond motifs is 1. The van der Waals surface area contributed by atoms with Crippen molar-refractivity contribution in [3.05, 3.63) is 77.1 Å². The first-order valence-corrected chi connectivity index (χ1v) is 9.21. The van der Waals surface area contributed by atoms with Crippen LogP contribution < -0.4 is 4.74 Å². The average Bonchev–Trinajstić information content (AvgIpc) is 3.10. The number of halogens is 1. The molecule has 1 aromatic carbocycles. The number of carbonyl (C=O) groups excluding carboxylic acids is 1. The van der Waals surface area contributed by atoms with Gasteiger partial charge in [0.25, 0.3) is 5.91 Å². The molecule has 1 amide bonds. The molecule has 3 heterocycles. The van der Waals surface area contributed by atoms with Gasteiger partial charge in [0, 0.05) is 18.3 Å². The molecular formula is C21H21FN4O2. The van der Waals surface area contributed by atoms with E-state index in [1.165, 1.54) is 12.1 Å². The lowest BCUT2D eigenvalue weighted by molar-refractivity contribution is 0.0630. The van der Waals surface area contributed by atoms with E-state index >= 15 is 0 Å². The van der Waals surface area contributed by atoms with Crippen LogP contribution in [0.5, 0.6) is 5.75 Å². The van der Waals surface area contributed by atoms with Gasteiger partial charge in [-0.3, -0.25) is 9.48 Å². The van der Waals surface area contributed by atoms with Crippen LogP contribution in [0.15, 0.2) is 48.5 Å². The van der Waals surface area contributed by atoms with Gasteiger partial charge >= 0.3 is 0 Å². The summed E-state index contributed by atoms with van der Waals surface area (Å²) in [5, 5.41) is 4.56. The third kappa shape index (κ3) is 3.60. The number of pyridine rings is 1. The van der Waals surface area contributed by atoms with Crippen LogP contribution in [0.2, 0.25) is 0 Å². The minimum Gasteiger partial charge on any atom is -0.487 e. The molecule has 1 atom stereocenters. The van der Waals surface area contributed by atoms with Crippen LogP contribution in [0.4, 0.5) is 4.39 Å². The topological polar surface area (TPSA) is 60.2 Å². The third-order valence-corrected chi connectivity index (χ3v) is 4.86. The van der Waals surface area contributed by atoms with Crippen molar-refractivity contribution in [3.8, 4) is 5.75 Å². The standard InChI is InChI=1S/C21H21FN4O2/c1-14-5-3-8-19(23-14)21(27)25-9-10-26-20(15(25)2)12-17(24-26)13-28-18-7-4-6-16(22)11-18/h3-8,11-12,15H,9-10,13H2,1-2H3. The van der Waals surface area contributed by atoms with Gasteiger partial charge in [0.15, 0.2) is 0 Å². The first-order chi connectivity index (χ1) is 13.5. The molecule has 28 heavy (non-hydrogen) atoms. The number of aromatic nitrogens is 3. The van der Waals surface area contributed by atoms with Crippen LogP contribution in [-0.4, -0.2) is 32.1 Å². The minimum absolute atomic E-state index is 0.0822. The van der Waals surface area contributed by atoms with Gasteiger partial charge in [-0.2, -0.15) is 5.10 Å². The Labute approximate surface area is 162 Å². The van der Waals surface area contributed by atoms with Crippen LogP contribution in [-0.2, 0) is 13.2 Å². The fraction of sp³-hybridized carbons (Fsp3) is 0.286. The zero-order chi connectivity index (χ0) is 19.7. The van der Waals surface area contributed by atoms with Gasteiger partial charge in [-0.15, -0.1) is 0 Å². The lowest BCUT2D eigenvalue weighted by Crippen LogP contribution is -2.41. The number of benzene rings is 1. The molecule has 0 N–H and O–H groups in total. The molecule has 6 nitrogen and oxygen atoms in total. The Morgan fingerprint density at radius 3 is 2.82 bits per heavy atom. The molecule has 0 bridgehead atoms. The van der Waals surface area contributed by atoms with Crippen molar-refractivity contribution in [1.29, 1.82) is 0 Å². The third-order valence-electron chi connectivity index (χ3n) is 4.86. The summed E-state index contributed by atoms with van der Waals surface area (Å²) in [6.45, 7) is 5.27. The molecule has 144 valence electrons. The molecule has 1 unspecified atom stereocenters. The highest BCUT2D eigenvalue weighted by Crippen LogP contribution is 2.27. The van der Waals surface area contributed by atoms with E-state index in [0.717, 1.165) is 17.1 Å². The van der Waals surface area contributed by atoms with Crippen molar-refractivity contribution in [2.75, 3.05) is 6.54 Å². The molecule has 0 aliphatic carbocycles. The predicted molar refractivity (Wildman–Crippen MR) is 101 cm³/mol. The number of amides is 1. The summed E-state index contributed by atoms with van der Waals surface area (Å²) in [6, 6.07) is 13.3. The number of nitrogens with zero attached hydrogens (tertiary/aromatic N) is 4. The van der Waals surface area contributed by atoms with Crippen molar-refractivity contribution < 1.29 is 13.9 Å². The average molecular weight is 380 g/mol. The number of rotatable bonds is 4. The van der Waals surface area contributed by atoms with Gasteiger partial charge in [0.1, 0.15) is 29.6 Å². The molecule has 2 aromatic heterocycles. The van der Waals surface area contributed by atoms with E-state index in [1.54, 1.807) is 18.2 Å². The van der Waals surface area contributed by atoms with E-state index in [4.69, 9.17) is 4.74 Å². The Balaban J connectivity index is 1.49. The van der Waals surface area contributed by atoms with Crippen molar-refractivity contribution in [2.45, 2.75) is 33.0 Å². The molecule has 0 radical (unpaired) electrons. The number of aryl methyl sites for hydroxylation is 1. The maximum Gasteiger partial charge on any atom is 0.273 e. The SMILES string of the molecule is Cc1cccc(C(=O)N2CCn3nc(COc4cccc(F)c4)cc3C2C)n1. The van der Waals surface area contributed by atoms with Crippen LogP contribution in [0.1, 0.15) is 40.5 Å². The second-order valence-electron chi connectivity index (χ2n) is 6.87. The summed E-state index contributed by atoms with van der Waals surface area (Å²) in [6.07, 6.45) is 0. The summed E-state index contributed by atoms with van der Waals surface area (Å²) in [5.41, 5.74) is 2.96. The highest BCUT2D eigenvalue weighted by atomic mass is 19.1. The number of carbonyl (C=O) groups is 1. The van der Waals surface area contributed by atoms with Crippen molar-refractivity contribution in [3.63, 3.8) is 0 Å². The largest absolute Gasteiger partial charge is 0.487 e. The Bertz CT molecular complexity index is 1020. The summed E-state index contributed by atoms with van der Waals surface area (Å²) in [7, 11) is 0. The van der Waals surface area contributed by atoms with Crippen molar-refractivity contribution >= 4 is 5.91 Å². The molecule has 3 aromatic rings. The molecule has 7 heteroatoms. The van der Waals surface area contributed by atoms with E-state index < -0.39 is 0 Å². The smallest absolute Gasteiger partial charge is 0.273 e. The Morgan fingerprint density at radius 1 is 1.21 bits per heavy atom. The zero-order valence-corrected chi connectivity index (χ0v) is 15.8. The molecule has 0 fully saturated rings. The minimum atomic E-state index is -0.339. The first kappa shape index (κ1) is 18.2. The molecule has 1 aliphatic heterocycles. The van der Waals surface area contributed by atoms with E-state index in [0.29, 0.717) is 24.5 Å². The van der Waals surface area contributed by atoms with Gasteiger partial charge in [-0.05, 0) is 44.2 Å². The maximum atomic E-state index is 13.3. The van der Waals surface area contributed by atoms with Gasteiger partial charge < -0.3 is 9.64 Å². The van der Waals surface area contributed by atoms with Gasteiger partial charge in [-0.25, -0.2) is 9.37 Å². The van der Waals surface area contributed by atoms with Crippen LogP contribution in [0.25, 0.3) is 0 Å².